The third kappa shape index (κ3) is 3.32. The minimum absolute atomic E-state index is 0.0817. The molecule has 0 saturated carbocycles. The monoisotopic (exact) mass is 401 g/mol. The average molecular weight is 401 g/mol. The Morgan fingerprint density at radius 2 is 2.07 bits per heavy atom. The number of rotatable bonds is 4. The van der Waals surface area contributed by atoms with Crippen LogP contribution >= 0.6 is 0 Å². The first kappa shape index (κ1) is 18.4. The van der Waals surface area contributed by atoms with Gasteiger partial charge in [0.15, 0.2) is 17.2 Å². The lowest BCUT2D eigenvalue weighted by Crippen LogP contribution is -2.33. The zero-order chi connectivity index (χ0) is 20.5. The van der Waals surface area contributed by atoms with Crippen LogP contribution in [0.4, 0.5) is 10.5 Å². The second kappa shape index (κ2) is 7.67. The Hall–Kier alpha value is -3.61. The molecule has 2 amide bonds. The molecule has 0 unspecified atom stereocenters. The summed E-state index contributed by atoms with van der Waals surface area (Å²) in [6, 6.07) is 15.6. The number of amides is 2. The van der Waals surface area contributed by atoms with Gasteiger partial charge in [-0.15, -0.1) is 0 Å². The van der Waals surface area contributed by atoms with Crippen LogP contribution in [0.3, 0.4) is 0 Å². The molecule has 7 heteroatoms. The Kier molecular flexibility index (Phi) is 4.71. The quantitative estimate of drug-likeness (QED) is 0.536. The van der Waals surface area contributed by atoms with Gasteiger partial charge in [0.1, 0.15) is 5.52 Å². The zero-order valence-electron chi connectivity index (χ0n) is 16.8. The van der Waals surface area contributed by atoms with Gasteiger partial charge < -0.3 is 19.2 Å². The van der Waals surface area contributed by atoms with Crippen molar-refractivity contribution in [3.8, 4) is 11.6 Å². The summed E-state index contributed by atoms with van der Waals surface area (Å²) < 4.78 is 7.73. The number of carbonyl (C=O) groups is 1. The second-order valence-electron chi connectivity index (χ2n) is 7.50. The number of pyridine rings is 1. The molecule has 30 heavy (non-hydrogen) atoms. The number of furan rings is 1. The van der Waals surface area contributed by atoms with E-state index in [9.17, 15) is 4.79 Å². The molecule has 0 aliphatic carbocycles. The minimum atomic E-state index is -0.0846. The van der Waals surface area contributed by atoms with Gasteiger partial charge in [0.25, 0.3) is 0 Å². The molecule has 3 aromatic heterocycles. The van der Waals surface area contributed by atoms with Crippen LogP contribution in [0.1, 0.15) is 24.9 Å². The molecule has 1 saturated heterocycles. The lowest BCUT2D eigenvalue weighted by molar-refractivity contribution is 0.221. The molecule has 152 valence electrons. The maximum absolute atomic E-state index is 12.8. The fourth-order valence-corrected chi connectivity index (χ4v) is 4.02. The minimum Gasteiger partial charge on any atom is -0.461 e. The summed E-state index contributed by atoms with van der Waals surface area (Å²) in [4.78, 5) is 24.0. The van der Waals surface area contributed by atoms with Crippen molar-refractivity contribution in [2.45, 2.75) is 25.8 Å². The van der Waals surface area contributed by atoms with Gasteiger partial charge in [0.05, 0.1) is 12.3 Å². The van der Waals surface area contributed by atoms with Crippen molar-refractivity contribution in [3.05, 3.63) is 66.6 Å². The molecule has 1 N–H and O–H groups in total. The molecule has 4 heterocycles. The van der Waals surface area contributed by atoms with Gasteiger partial charge in [-0.05, 0) is 54.8 Å². The van der Waals surface area contributed by atoms with Crippen LogP contribution in [-0.2, 0) is 6.42 Å². The van der Waals surface area contributed by atoms with Crippen LogP contribution in [0.25, 0.3) is 22.7 Å². The first-order valence-corrected chi connectivity index (χ1v) is 10.2. The van der Waals surface area contributed by atoms with Crippen LogP contribution < -0.4 is 5.32 Å². The average Bonchev–Trinajstić information content (AvgIpc) is 3.52. The predicted octanol–water partition coefficient (Wildman–Crippen LogP) is 4.73. The maximum Gasteiger partial charge on any atom is 0.321 e. The van der Waals surface area contributed by atoms with E-state index in [-0.39, 0.29) is 12.1 Å². The largest absolute Gasteiger partial charge is 0.461 e. The number of hydrogen-bond donors (Lipinski definition) is 1. The molecule has 1 fully saturated rings. The summed E-state index contributed by atoms with van der Waals surface area (Å²) in [5, 5.41) is 3.01. The summed E-state index contributed by atoms with van der Waals surface area (Å²) in [7, 11) is 0. The van der Waals surface area contributed by atoms with Crippen LogP contribution in [0.15, 0.2) is 65.4 Å². The molecule has 5 rings (SSSR count). The standard InChI is InChI=1S/C23H23N5O2/c1-2-16-7-9-17(10-8-16)25-23(29)27-13-11-18(15-27)28-21-19(5-3-12-24-21)26-22(28)20-6-4-14-30-20/h3-10,12,14,18H,2,11,13,15H2,1H3,(H,25,29)/t18-/m0/s1. The van der Waals surface area contributed by atoms with Gasteiger partial charge in [0.2, 0.25) is 0 Å². The van der Waals surface area contributed by atoms with Crippen molar-refractivity contribution in [1.29, 1.82) is 0 Å². The van der Waals surface area contributed by atoms with Gasteiger partial charge in [-0.3, -0.25) is 0 Å². The molecule has 1 aromatic carbocycles. The Labute approximate surface area is 174 Å². The number of hydrogen-bond acceptors (Lipinski definition) is 4. The number of benzene rings is 1. The third-order valence-electron chi connectivity index (χ3n) is 5.62. The highest BCUT2D eigenvalue weighted by molar-refractivity contribution is 5.89. The highest BCUT2D eigenvalue weighted by Crippen LogP contribution is 2.32. The van der Waals surface area contributed by atoms with Crippen LogP contribution in [0.2, 0.25) is 0 Å². The highest BCUT2D eigenvalue weighted by Gasteiger charge is 2.31. The SMILES string of the molecule is CCc1ccc(NC(=O)N2CC[C@H](n3c(-c4ccco4)nc4cccnc43)C2)cc1. The molecule has 0 spiro atoms. The predicted molar refractivity (Wildman–Crippen MR) is 115 cm³/mol. The molecular weight excluding hydrogens is 378 g/mol. The van der Waals surface area contributed by atoms with Crippen LogP contribution in [0.5, 0.6) is 0 Å². The highest BCUT2D eigenvalue weighted by atomic mass is 16.3. The number of aryl methyl sites for hydroxylation is 1. The number of aromatic nitrogens is 3. The van der Waals surface area contributed by atoms with E-state index in [1.165, 1.54) is 5.56 Å². The van der Waals surface area contributed by atoms with E-state index < -0.39 is 0 Å². The summed E-state index contributed by atoms with van der Waals surface area (Å²) in [6.07, 6.45) is 5.22. The van der Waals surface area contributed by atoms with Crippen molar-refractivity contribution in [2.24, 2.45) is 0 Å². The Bertz CT molecular complexity index is 1160. The molecule has 0 bridgehead atoms. The van der Waals surface area contributed by atoms with E-state index >= 15 is 0 Å². The van der Waals surface area contributed by atoms with Crippen molar-refractivity contribution < 1.29 is 9.21 Å². The second-order valence-corrected chi connectivity index (χ2v) is 7.50. The Morgan fingerprint density at radius 3 is 2.83 bits per heavy atom. The normalized spacial score (nSPS) is 16.3. The van der Waals surface area contributed by atoms with Gasteiger partial charge in [0, 0.05) is 25.0 Å². The summed E-state index contributed by atoms with van der Waals surface area (Å²) >= 11 is 0. The van der Waals surface area contributed by atoms with E-state index in [2.05, 4.69) is 21.8 Å². The molecule has 4 aromatic rings. The van der Waals surface area contributed by atoms with Crippen LogP contribution in [-0.4, -0.2) is 38.6 Å². The molecular formula is C23H23N5O2. The number of imidazole rings is 1. The Balaban J connectivity index is 1.38. The lowest BCUT2D eigenvalue weighted by Gasteiger charge is -2.19. The van der Waals surface area contributed by atoms with E-state index in [0.717, 1.165) is 35.5 Å². The molecule has 0 radical (unpaired) electrons. The lowest BCUT2D eigenvalue weighted by atomic mass is 10.1. The van der Waals surface area contributed by atoms with Crippen molar-refractivity contribution in [3.63, 3.8) is 0 Å². The number of anilines is 1. The summed E-state index contributed by atoms with van der Waals surface area (Å²) in [6.45, 7) is 3.38. The number of carbonyl (C=O) groups excluding carboxylic acids is 1. The molecule has 1 atom stereocenters. The van der Waals surface area contributed by atoms with Gasteiger partial charge >= 0.3 is 6.03 Å². The van der Waals surface area contributed by atoms with Gasteiger partial charge in [-0.1, -0.05) is 19.1 Å². The third-order valence-corrected chi connectivity index (χ3v) is 5.62. The Morgan fingerprint density at radius 1 is 1.20 bits per heavy atom. The van der Waals surface area contributed by atoms with E-state index in [1.807, 2.05) is 53.4 Å². The van der Waals surface area contributed by atoms with Gasteiger partial charge in [-0.2, -0.15) is 0 Å². The topological polar surface area (TPSA) is 76.2 Å². The first-order chi connectivity index (χ1) is 14.7. The number of nitrogens with zero attached hydrogens (tertiary/aromatic N) is 4. The summed E-state index contributed by atoms with van der Waals surface area (Å²) in [5.74, 6) is 1.45. The zero-order valence-corrected chi connectivity index (χ0v) is 16.8. The van der Waals surface area contributed by atoms with Crippen molar-refractivity contribution >= 4 is 22.9 Å². The number of fused-ring (bicyclic) bond motifs is 1. The van der Waals surface area contributed by atoms with E-state index in [0.29, 0.717) is 18.8 Å². The van der Waals surface area contributed by atoms with E-state index in [4.69, 9.17) is 9.40 Å². The van der Waals surface area contributed by atoms with Crippen molar-refractivity contribution in [2.75, 3.05) is 18.4 Å². The van der Waals surface area contributed by atoms with Gasteiger partial charge in [-0.25, -0.2) is 14.8 Å². The maximum atomic E-state index is 12.8. The smallest absolute Gasteiger partial charge is 0.321 e. The first-order valence-electron chi connectivity index (χ1n) is 10.2. The van der Waals surface area contributed by atoms with E-state index in [1.54, 1.807) is 12.5 Å². The molecule has 1 aliphatic rings. The van der Waals surface area contributed by atoms with Crippen LogP contribution in [0, 0.1) is 0 Å². The fourth-order valence-electron chi connectivity index (χ4n) is 4.02. The molecule has 7 nitrogen and oxygen atoms in total. The molecule has 1 aliphatic heterocycles. The fraction of sp³-hybridized carbons (Fsp3) is 0.261. The number of nitrogens with one attached hydrogen (secondary N) is 1. The van der Waals surface area contributed by atoms with Crippen molar-refractivity contribution in [1.82, 2.24) is 19.4 Å². The number of urea groups is 1. The summed E-state index contributed by atoms with van der Waals surface area (Å²) in [5.41, 5.74) is 3.69. The number of likely N-dealkylation sites (tertiary alicyclic amines) is 1.